The van der Waals surface area contributed by atoms with Gasteiger partial charge in [0.1, 0.15) is 6.07 Å². The number of ether oxygens (including phenoxy) is 1. The fraction of sp³-hybridized carbons (Fsp3) is 0.357. The van der Waals surface area contributed by atoms with Crippen LogP contribution in [0.25, 0.3) is 0 Å². The first-order valence-corrected chi connectivity index (χ1v) is 8.25. The minimum absolute atomic E-state index is 0.714. The van der Waals surface area contributed by atoms with E-state index in [1.807, 2.05) is 25.1 Å². The first-order chi connectivity index (χ1) is 10.3. The Kier molecular flexibility index (Phi) is 4.39. The lowest BCUT2D eigenvalue weighted by atomic mass is 10.1. The molecule has 0 aliphatic carbocycles. The quantitative estimate of drug-likeness (QED) is 0.867. The van der Waals surface area contributed by atoms with Crippen LogP contribution >= 0.6 is 23.1 Å². The number of hydrogen-bond acceptors (Lipinski definition) is 7. The molecule has 0 bridgehead atoms. The number of morpholine rings is 1. The van der Waals surface area contributed by atoms with Crippen molar-refractivity contribution in [3.63, 3.8) is 0 Å². The third-order valence-corrected chi connectivity index (χ3v) is 5.32. The van der Waals surface area contributed by atoms with Crippen molar-refractivity contribution in [2.45, 2.75) is 16.2 Å². The molecule has 2 aromatic rings. The van der Waals surface area contributed by atoms with Gasteiger partial charge in [0.25, 0.3) is 0 Å². The van der Waals surface area contributed by atoms with Crippen molar-refractivity contribution in [2.24, 2.45) is 0 Å². The lowest BCUT2D eigenvalue weighted by molar-refractivity contribution is 0.122. The smallest absolute Gasteiger partial charge is 0.209 e. The van der Waals surface area contributed by atoms with Crippen LogP contribution in [-0.2, 0) is 4.74 Å². The van der Waals surface area contributed by atoms with Gasteiger partial charge >= 0.3 is 0 Å². The third kappa shape index (κ3) is 3.18. The van der Waals surface area contributed by atoms with Gasteiger partial charge < -0.3 is 9.64 Å². The highest BCUT2D eigenvalue weighted by molar-refractivity contribution is 8.01. The van der Waals surface area contributed by atoms with E-state index in [1.165, 1.54) is 11.8 Å². The van der Waals surface area contributed by atoms with E-state index in [0.717, 1.165) is 46.2 Å². The molecule has 1 aromatic heterocycles. The van der Waals surface area contributed by atoms with Gasteiger partial charge in [-0.3, -0.25) is 0 Å². The second-order valence-corrected chi connectivity index (χ2v) is 6.86. The average Bonchev–Trinajstić information content (AvgIpc) is 2.97. The summed E-state index contributed by atoms with van der Waals surface area (Å²) in [5.74, 6) is 0. The Hall–Kier alpha value is -1.62. The van der Waals surface area contributed by atoms with Gasteiger partial charge in [-0.15, -0.1) is 10.2 Å². The molecule has 0 N–H and O–H groups in total. The first kappa shape index (κ1) is 14.3. The number of nitriles is 1. The second kappa shape index (κ2) is 6.43. The van der Waals surface area contributed by atoms with Crippen LogP contribution in [0.5, 0.6) is 0 Å². The van der Waals surface area contributed by atoms with Crippen LogP contribution in [0.15, 0.2) is 27.4 Å². The van der Waals surface area contributed by atoms with E-state index in [-0.39, 0.29) is 0 Å². The highest BCUT2D eigenvalue weighted by Crippen LogP contribution is 2.35. The molecule has 0 radical (unpaired) electrons. The van der Waals surface area contributed by atoms with Crippen LogP contribution in [0, 0.1) is 18.3 Å². The van der Waals surface area contributed by atoms with Crippen molar-refractivity contribution in [3.05, 3.63) is 29.3 Å². The molecule has 0 atom stereocenters. The zero-order chi connectivity index (χ0) is 14.7. The minimum Gasteiger partial charge on any atom is -0.378 e. The van der Waals surface area contributed by atoms with Crippen LogP contribution < -0.4 is 4.90 Å². The second-order valence-electron chi connectivity index (χ2n) is 4.61. The highest BCUT2D eigenvalue weighted by atomic mass is 32.2. The third-order valence-electron chi connectivity index (χ3n) is 3.22. The Bertz CT molecular complexity index is 674. The molecule has 1 aliphatic rings. The predicted molar refractivity (Wildman–Crippen MR) is 83.0 cm³/mol. The SMILES string of the molecule is Cc1cccc(Sc2nnc(N3CCOCC3)s2)c1C#N. The van der Waals surface area contributed by atoms with Crippen LogP contribution in [-0.4, -0.2) is 36.5 Å². The normalized spacial score (nSPS) is 15.0. The molecule has 108 valence electrons. The van der Waals surface area contributed by atoms with Gasteiger partial charge in [0.2, 0.25) is 5.13 Å². The van der Waals surface area contributed by atoms with Gasteiger partial charge in [-0.2, -0.15) is 5.26 Å². The molecule has 0 unspecified atom stereocenters. The summed E-state index contributed by atoms with van der Waals surface area (Å²) >= 11 is 3.06. The van der Waals surface area contributed by atoms with Crippen molar-refractivity contribution in [1.82, 2.24) is 10.2 Å². The molecule has 0 amide bonds. The van der Waals surface area contributed by atoms with E-state index in [1.54, 1.807) is 11.3 Å². The van der Waals surface area contributed by atoms with Crippen LogP contribution in [0.1, 0.15) is 11.1 Å². The Balaban J connectivity index is 1.79. The molecule has 0 saturated carbocycles. The van der Waals surface area contributed by atoms with E-state index >= 15 is 0 Å². The predicted octanol–water partition coefficient (Wildman–Crippen LogP) is 2.71. The Labute approximate surface area is 131 Å². The summed E-state index contributed by atoms with van der Waals surface area (Å²) in [5.41, 5.74) is 1.70. The van der Waals surface area contributed by atoms with E-state index < -0.39 is 0 Å². The van der Waals surface area contributed by atoms with E-state index in [4.69, 9.17) is 4.74 Å². The van der Waals surface area contributed by atoms with E-state index in [0.29, 0.717) is 5.56 Å². The number of rotatable bonds is 3. The number of aryl methyl sites for hydroxylation is 1. The summed E-state index contributed by atoms with van der Waals surface area (Å²) in [4.78, 5) is 3.12. The van der Waals surface area contributed by atoms with Gasteiger partial charge in [0.05, 0.1) is 18.8 Å². The Morgan fingerprint density at radius 3 is 2.90 bits per heavy atom. The molecule has 2 heterocycles. The maximum absolute atomic E-state index is 9.27. The maximum atomic E-state index is 9.27. The summed E-state index contributed by atoms with van der Waals surface area (Å²) in [6, 6.07) is 8.12. The summed E-state index contributed by atoms with van der Waals surface area (Å²) in [6.07, 6.45) is 0. The lowest BCUT2D eigenvalue weighted by Gasteiger charge is -2.25. The maximum Gasteiger partial charge on any atom is 0.209 e. The van der Waals surface area contributed by atoms with Crippen molar-refractivity contribution in [1.29, 1.82) is 5.26 Å². The molecule has 3 rings (SSSR count). The largest absolute Gasteiger partial charge is 0.378 e. The molecule has 5 nitrogen and oxygen atoms in total. The van der Waals surface area contributed by atoms with Gasteiger partial charge in [-0.1, -0.05) is 35.2 Å². The van der Waals surface area contributed by atoms with E-state index in [9.17, 15) is 5.26 Å². The van der Waals surface area contributed by atoms with Crippen LogP contribution in [0.2, 0.25) is 0 Å². The van der Waals surface area contributed by atoms with E-state index in [2.05, 4.69) is 21.2 Å². The van der Waals surface area contributed by atoms with Crippen molar-refractivity contribution in [2.75, 3.05) is 31.2 Å². The van der Waals surface area contributed by atoms with Gasteiger partial charge in [0.15, 0.2) is 4.34 Å². The number of aromatic nitrogens is 2. The van der Waals surface area contributed by atoms with Crippen molar-refractivity contribution in [3.8, 4) is 6.07 Å². The molecule has 1 fully saturated rings. The zero-order valence-corrected chi connectivity index (χ0v) is 13.2. The van der Waals surface area contributed by atoms with Crippen LogP contribution in [0.3, 0.4) is 0 Å². The molecule has 21 heavy (non-hydrogen) atoms. The fourth-order valence-corrected chi connectivity index (χ4v) is 4.11. The molecule has 1 aromatic carbocycles. The number of hydrogen-bond donors (Lipinski definition) is 0. The zero-order valence-electron chi connectivity index (χ0n) is 11.6. The minimum atomic E-state index is 0.714. The Morgan fingerprint density at radius 1 is 1.33 bits per heavy atom. The standard InChI is InChI=1S/C14H14N4OS2/c1-10-3-2-4-12(11(10)9-15)20-14-17-16-13(21-14)18-5-7-19-8-6-18/h2-4H,5-8H2,1H3. The monoisotopic (exact) mass is 318 g/mol. The fourth-order valence-electron chi connectivity index (χ4n) is 2.09. The average molecular weight is 318 g/mol. The molecule has 7 heteroatoms. The van der Waals surface area contributed by atoms with Crippen molar-refractivity contribution < 1.29 is 4.74 Å². The van der Waals surface area contributed by atoms with Crippen LogP contribution in [0.4, 0.5) is 5.13 Å². The number of benzene rings is 1. The molecule has 1 aliphatic heterocycles. The summed E-state index contributed by atoms with van der Waals surface area (Å²) in [7, 11) is 0. The molecular weight excluding hydrogens is 304 g/mol. The van der Waals surface area contributed by atoms with Crippen molar-refractivity contribution >= 4 is 28.2 Å². The summed E-state index contributed by atoms with van der Waals surface area (Å²) < 4.78 is 6.20. The number of nitrogens with zero attached hydrogens (tertiary/aromatic N) is 4. The van der Waals surface area contributed by atoms with Gasteiger partial charge in [-0.05, 0) is 18.6 Å². The first-order valence-electron chi connectivity index (χ1n) is 6.61. The number of anilines is 1. The summed E-state index contributed by atoms with van der Waals surface area (Å²) in [5, 5.41) is 18.7. The molecule has 0 spiro atoms. The lowest BCUT2D eigenvalue weighted by Crippen LogP contribution is -2.36. The highest BCUT2D eigenvalue weighted by Gasteiger charge is 2.17. The topological polar surface area (TPSA) is 62.0 Å². The summed E-state index contributed by atoms with van der Waals surface area (Å²) in [6.45, 7) is 5.12. The van der Waals surface area contributed by atoms with Gasteiger partial charge in [-0.25, -0.2) is 0 Å². The molecular formula is C14H14N4OS2. The van der Waals surface area contributed by atoms with Gasteiger partial charge in [0, 0.05) is 18.0 Å². The molecule has 1 saturated heterocycles. The Morgan fingerprint density at radius 2 is 2.14 bits per heavy atom.